The second kappa shape index (κ2) is 68.6. The zero-order valence-corrected chi connectivity index (χ0v) is 66.4. The second-order valence-electron chi connectivity index (χ2n) is 30.0. The van der Waals surface area contributed by atoms with E-state index in [0.717, 1.165) is 135 Å². The van der Waals surface area contributed by atoms with Gasteiger partial charge in [-0.3, -0.25) is 18.9 Å². The smallest absolute Gasteiger partial charge is 0.469 e. The van der Waals surface area contributed by atoms with Crippen LogP contribution in [0, 0.1) is 5.92 Å². The molecule has 2 unspecified atom stereocenters. The number of unbranched alkanes of at least 4 members (excludes halogenated alkanes) is 45. The molecule has 18 heteroatoms. The highest BCUT2D eigenvalue weighted by atomic mass is 31.2. The van der Waals surface area contributed by atoms with E-state index in [1.807, 2.05) is 0 Å². The number of carbonyl (C=O) groups excluding carboxylic acids is 3. The Morgan fingerprint density at radius 1 is 0.410 bits per heavy atom. The number of aliphatic carboxylic acids is 1. The Bertz CT molecular complexity index is 1850. The topological polar surface area (TPSA) is 246 Å². The Kier molecular flexibility index (Phi) is 65.7. The zero-order chi connectivity index (χ0) is 73.2. The summed E-state index contributed by atoms with van der Waals surface area (Å²) >= 11 is 0. The number of ether oxygens (including phenoxy) is 5. The molecule has 0 spiro atoms. The number of amides is 2. The van der Waals surface area contributed by atoms with Crippen LogP contribution in [0.5, 0.6) is 0 Å². The van der Waals surface area contributed by atoms with Crippen LogP contribution in [-0.4, -0.2) is 125 Å². The molecule has 0 aromatic heterocycles. The fourth-order valence-electron chi connectivity index (χ4n) is 14.2. The average molecular weight is 1440 g/mol. The summed E-state index contributed by atoms with van der Waals surface area (Å²) in [6.45, 7) is 13.5. The number of nitrogens with one attached hydrogen (secondary N) is 2. The van der Waals surface area contributed by atoms with Crippen molar-refractivity contribution in [2.45, 2.75) is 463 Å². The van der Waals surface area contributed by atoms with Crippen molar-refractivity contribution >= 4 is 31.6 Å². The van der Waals surface area contributed by atoms with Crippen LogP contribution in [0.2, 0.25) is 0 Å². The molecular weight excluding hydrogens is 1280 g/mol. The fourth-order valence-corrected chi connectivity index (χ4v) is 14.8. The number of aliphatic hydroxyl groups is 1. The molecule has 0 heterocycles. The lowest BCUT2D eigenvalue weighted by molar-refractivity contribution is -0.181. The summed E-state index contributed by atoms with van der Waals surface area (Å²) in [6, 6.07) is -2.92. The van der Waals surface area contributed by atoms with Gasteiger partial charge < -0.3 is 54.3 Å². The zero-order valence-electron chi connectivity index (χ0n) is 65.5. The predicted molar refractivity (Wildman–Crippen MR) is 410 cm³/mol. The van der Waals surface area contributed by atoms with Crippen LogP contribution in [0.1, 0.15) is 414 Å². The Morgan fingerprint density at radius 2 is 0.710 bits per heavy atom. The van der Waals surface area contributed by atoms with Crippen LogP contribution in [0.4, 0.5) is 0 Å². The summed E-state index contributed by atoms with van der Waals surface area (Å²) in [6.07, 6.45) is 53.4. The van der Waals surface area contributed by atoms with Crippen LogP contribution < -0.4 is 10.6 Å². The van der Waals surface area contributed by atoms with Gasteiger partial charge in [-0.15, -0.1) is 0 Å². The number of phosphoric acid groups is 1. The van der Waals surface area contributed by atoms with E-state index in [-0.39, 0.29) is 25.7 Å². The van der Waals surface area contributed by atoms with Gasteiger partial charge in [0.25, 0.3) is 0 Å². The van der Waals surface area contributed by atoms with E-state index in [1.165, 1.54) is 193 Å². The highest BCUT2D eigenvalue weighted by Crippen LogP contribution is 2.44. The van der Waals surface area contributed by atoms with Crippen molar-refractivity contribution in [3.05, 3.63) is 0 Å². The molecule has 1 fully saturated rings. The number of hydrogen-bond acceptors (Lipinski definition) is 12. The lowest BCUT2D eigenvalue weighted by Crippen LogP contribution is -2.64. The normalized spacial score (nSPS) is 17.7. The number of aliphatic hydroxyl groups excluding tert-OH is 1. The lowest BCUT2D eigenvalue weighted by Gasteiger charge is -2.45. The first-order chi connectivity index (χ1) is 48.7. The first-order valence-corrected chi connectivity index (χ1v) is 44.0. The maximum absolute atomic E-state index is 14.9. The third-order valence-corrected chi connectivity index (χ3v) is 21.0. The second-order valence-corrected chi connectivity index (χ2v) is 31.2. The van der Waals surface area contributed by atoms with Crippen molar-refractivity contribution in [3.63, 3.8) is 0 Å². The predicted octanol–water partition coefficient (Wildman–Crippen LogP) is 21.3. The maximum Gasteiger partial charge on any atom is 0.469 e. The fraction of sp³-hybridized carbons (Fsp3) is 0.951. The van der Waals surface area contributed by atoms with E-state index in [2.05, 4.69) is 52.2 Å². The molecule has 1 aliphatic rings. The summed E-state index contributed by atoms with van der Waals surface area (Å²) in [5.41, 5.74) is 0. The molecule has 1 saturated carbocycles. The molecule has 1 rings (SSSR count). The van der Waals surface area contributed by atoms with Gasteiger partial charge in [0.1, 0.15) is 6.10 Å². The Morgan fingerprint density at radius 3 is 1.02 bits per heavy atom. The number of hydrogen-bond donors (Lipinski definition) is 6. The molecule has 17 nitrogen and oxygen atoms in total. The highest BCUT2D eigenvalue weighted by Gasteiger charge is 2.51. The molecule has 592 valence electrons. The van der Waals surface area contributed by atoms with Crippen molar-refractivity contribution in [2.24, 2.45) is 5.92 Å². The Hall–Kier alpha value is -2.21. The van der Waals surface area contributed by atoms with Gasteiger partial charge in [0.05, 0.1) is 56.3 Å². The quantitative estimate of drug-likeness (QED) is 0.0188. The third kappa shape index (κ3) is 56.2. The first-order valence-electron chi connectivity index (χ1n) is 42.5. The van der Waals surface area contributed by atoms with Crippen molar-refractivity contribution in [1.29, 1.82) is 0 Å². The minimum absolute atomic E-state index is 0.0454. The van der Waals surface area contributed by atoms with Crippen LogP contribution >= 0.6 is 7.82 Å². The number of rotatable bonds is 76. The van der Waals surface area contributed by atoms with E-state index in [1.54, 1.807) is 0 Å². The summed E-state index contributed by atoms with van der Waals surface area (Å²) in [4.78, 5) is 78.0. The van der Waals surface area contributed by atoms with E-state index in [9.17, 15) is 43.7 Å². The van der Waals surface area contributed by atoms with E-state index >= 15 is 0 Å². The van der Waals surface area contributed by atoms with Gasteiger partial charge in [0.15, 0.2) is 12.1 Å². The van der Waals surface area contributed by atoms with Gasteiger partial charge >= 0.3 is 19.8 Å². The number of carboxylic acids is 1. The molecule has 2 amide bonds. The van der Waals surface area contributed by atoms with Gasteiger partial charge in [-0.25, -0.2) is 9.36 Å². The SMILES string of the molecule is CCCCCCCCCCC[C@H](CC(=O)NC1[C@@H](OC(=O)C[C@@H](CCCCCCCCCCC)OCCCCCCCCCC)[C@H](OP(=O)(O)O)C(CO)C[C@H]1OC[C@H](NC(=O)C[C@@H](CCCCCCCCCCC)OCCCCCCCCCC)C(=O)O)OCCCCCCCCCC. The standard InChI is InChI=1S/C82H159N2O15P/c1-7-13-19-25-31-37-40-46-52-58-71(94-61-55-49-43-34-28-22-16-10-4)65-76(86)83-74(82(89)90)69-97-75-64-70(68-85)80(99-100(91,92)93)81(98-78(88)67-73(60-54-48-42-39-33-27-21-15-9-3)96-63-57-51-45-36-30-24-18-12-6)79(75)84-77(87)66-72(59-53-47-41-38-32-26-20-14-8-2)95-62-56-50-44-35-29-23-17-11-5/h70-75,79-81,85H,7-69H2,1-6H3,(H,83,86)(H,84,87)(H,89,90)(H2,91,92,93)/t70?,71-,72-,73-,74+,75-,79?,80-,81-/m1/s1. The van der Waals surface area contributed by atoms with Crippen molar-refractivity contribution < 1.29 is 72.0 Å². The molecular formula is C82H159N2O15P. The van der Waals surface area contributed by atoms with Gasteiger partial charge in [0.2, 0.25) is 11.8 Å². The Balaban J connectivity index is 3.73. The maximum atomic E-state index is 14.9. The summed E-state index contributed by atoms with van der Waals surface area (Å²) in [7, 11) is -5.36. The van der Waals surface area contributed by atoms with Gasteiger partial charge in [-0.2, -0.15) is 0 Å². The average Bonchev–Trinajstić information content (AvgIpc) is 0.781. The molecule has 1 aliphatic carbocycles. The van der Waals surface area contributed by atoms with Gasteiger partial charge in [-0.1, -0.05) is 350 Å². The lowest BCUT2D eigenvalue weighted by atomic mass is 9.79. The largest absolute Gasteiger partial charge is 0.480 e. The Labute approximate surface area is 612 Å². The van der Waals surface area contributed by atoms with Crippen molar-refractivity contribution in [2.75, 3.05) is 33.0 Å². The monoisotopic (exact) mass is 1440 g/mol. The third-order valence-electron chi connectivity index (χ3n) is 20.4. The molecule has 9 atom stereocenters. The number of carbonyl (C=O) groups is 4. The summed E-state index contributed by atoms with van der Waals surface area (Å²) in [5, 5.41) is 27.6. The summed E-state index contributed by atoms with van der Waals surface area (Å²) in [5.74, 6) is -4.22. The molecule has 100 heavy (non-hydrogen) atoms. The van der Waals surface area contributed by atoms with Crippen LogP contribution in [0.15, 0.2) is 0 Å². The highest BCUT2D eigenvalue weighted by molar-refractivity contribution is 7.46. The first kappa shape index (κ1) is 95.8. The molecule has 0 aliphatic heterocycles. The van der Waals surface area contributed by atoms with Gasteiger partial charge in [0, 0.05) is 32.3 Å². The molecule has 0 bridgehead atoms. The van der Waals surface area contributed by atoms with E-state index in [4.69, 9.17) is 28.2 Å². The van der Waals surface area contributed by atoms with Crippen molar-refractivity contribution in [3.8, 4) is 0 Å². The van der Waals surface area contributed by atoms with Gasteiger partial charge in [-0.05, 0) is 44.9 Å². The van der Waals surface area contributed by atoms with E-state index < -0.39 is 99.4 Å². The van der Waals surface area contributed by atoms with Crippen LogP contribution in [0.3, 0.4) is 0 Å². The van der Waals surface area contributed by atoms with Crippen molar-refractivity contribution in [1.82, 2.24) is 10.6 Å². The minimum atomic E-state index is -5.36. The molecule has 6 N–H and O–H groups in total. The molecule has 0 radical (unpaired) electrons. The minimum Gasteiger partial charge on any atom is -0.480 e. The molecule has 0 aromatic carbocycles. The van der Waals surface area contributed by atoms with Crippen LogP contribution in [0.25, 0.3) is 0 Å². The number of carboxylic acid groups (broad SMARTS) is 1. The summed E-state index contributed by atoms with van der Waals surface area (Å²) < 4.78 is 51.0. The number of esters is 1. The van der Waals surface area contributed by atoms with E-state index in [0.29, 0.717) is 39.1 Å². The number of phosphoric ester groups is 1. The molecule has 0 aromatic rings. The van der Waals surface area contributed by atoms with Crippen LogP contribution in [-0.2, 0) is 52.0 Å². The molecule has 0 saturated heterocycles.